The average molecular weight is 365 g/mol. The van der Waals surface area contributed by atoms with Gasteiger partial charge in [0.2, 0.25) is 0 Å². The van der Waals surface area contributed by atoms with Crippen molar-refractivity contribution in [3.8, 4) is 0 Å². The second-order valence-corrected chi connectivity index (χ2v) is 7.01. The van der Waals surface area contributed by atoms with Gasteiger partial charge in [-0.25, -0.2) is 0 Å². The second kappa shape index (κ2) is 9.88. The summed E-state index contributed by atoms with van der Waals surface area (Å²) in [7, 11) is 0. The summed E-state index contributed by atoms with van der Waals surface area (Å²) in [4.78, 5) is 13.3. The van der Waals surface area contributed by atoms with E-state index in [1.807, 2.05) is 18.3 Å². The third-order valence-corrected chi connectivity index (χ3v) is 4.98. The lowest BCUT2D eigenvalue weighted by Crippen LogP contribution is -2.41. The fourth-order valence-corrected chi connectivity index (χ4v) is 3.48. The summed E-state index contributed by atoms with van der Waals surface area (Å²) in [5.74, 6) is -0.909. The Hall–Kier alpha value is -2.66. The van der Waals surface area contributed by atoms with Crippen molar-refractivity contribution >= 4 is 12.2 Å². The van der Waals surface area contributed by atoms with Gasteiger partial charge in [-0.15, -0.1) is 0 Å². The predicted molar refractivity (Wildman–Crippen MR) is 108 cm³/mol. The van der Waals surface area contributed by atoms with E-state index in [0.717, 1.165) is 37.9 Å². The molecule has 3 rings (SSSR count). The highest BCUT2D eigenvalue weighted by Crippen LogP contribution is 2.16. The highest BCUT2D eigenvalue weighted by atomic mass is 16.4. The van der Waals surface area contributed by atoms with E-state index in [9.17, 15) is 4.79 Å². The van der Waals surface area contributed by atoms with E-state index in [1.54, 1.807) is 0 Å². The molecular formula is C22H27N3O2. The highest BCUT2D eigenvalue weighted by molar-refractivity contribution is 5.81. The quantitative estimate of drug-likeness (QED) is 0.429. The first-order valence-electron chi connectivity index (χ1n) is 9.55. The zero-order valence-corrected chi connectivity index (χ0v) is 15.6. The van der Waals surface area contributed by atoms with Gasteiger partial charge in [-0.05, 0) is 42.5 Å². The molecule has 1 atom stereocenters. The SMILES string of the molecule is O=C(O)C1CCCN(CCN/N=C/c2ccccc2Cc2ccccc2)C1. The first-order valence-corrected chi connectivity index (χ1v) is 9.55. The zero-order chi connectivity index (χ0) is 18.9. The van der Waals surface area contributed by atoms with E-state index < -0.39 is 5.97 Å². The standard InChI is InChI=1S/C22H27N3O2/c26-22(27)21-11-6-13-25(17-21)14-12-23-24-16-20-10-5-4-9-19(20)15-18-7-2-1-3-8-18/h1-5,7-10,16,21,23H,6,11-15,17H2,(H,26,27)/b24-16+. The van der Waals surface area contributed by atoms with E-state index in [2.05, 4.69) is 57.9 Å². The fourth-order valence-electron chi connectivity index (χ4n) is 3.48. The van der Waals surface area contributed by atoms with Crippen LogP contribution in [0.2, 0.25) is 0 Å². The van der Waals surface area contributed by atoms with Gasteiger partial charge in [-0.1, -0.05) is 54.6 Å². The number of carboxylic acid groups (broad SMARTS) is 1. The number of hydrazone groups is 1. The molecule has 0 aliphatic carbocycles. The number of hydrogen-bond acceptors (Lipinski definition) is 4. The minimum absolute atomic E-state index is 0.230. The van der Waals surface area contributed by atoms with Crippen molar-refractivity contribution < 1.29 is 9.90 Å². The molecule has 0 spiro atoms. The molecule has 1 heterocycles. The molecule has 1 unspecified atom stereocenters. The summed E-state index contributed by atoms with van der Waals surface area (Å²) in [6, 6.07) is 18.7. The molecule has 5 nitrogen and oxygen atoms in total. The van der Waals surface area contributed by atoms with Crippen LogP contribution in [0.25, 0.3) is 0 Å². The molecule has 0 bridgehead atoms. The Kier molecular flexibility index (Phi) is 6.99. The molecular weight excluding hydrogens is 338 g/mol. The summed E-state index contributed by atoms with van der Waals surface area (Å²) in [6.45, 7) is 3.13. The molecule has 0 amide bonds. The van der Waals surface area contributed by atoms with Crippen molar-refractivity contribution in [2.75, 3.05) is 26.2 Å². The number of nitrogens with zero attached hydrogens (tertiary/aromatic N) is 2. The Morgan fingerprint density at radius 2 is 1.96 bits per heavy atom. The molecule has 1 aliphatic rings. The largest absolute Gasteiger partial charge is 0.481 e. The van der Waals surface area contributed by atoms with Crippen LogP contribution in [0.3, 0.4) is 0 Å². The van der Waals surface area contributed by atoms with Gasteiger partial charge in [-0.3, -0.25) is 4.79 Å². The second-order valence-electron chi connectivity index (χ2n) is 7.01. The molecule has 0 saturated carbocycles. The number of aliphatic carboxylic acids is 1. The van der Waals surface area contributed by atoms with Crippen molar-refractivity contribution in [3.05, 3.63) is 71.3 Å². The van der Waals surface area contributed by atoms with E-state index in [-0.39, 0.29) is 5.92 Å². The first-order chi connectivity index (χ1) is 13.2. The fraction of sp³-hybridized carbons (Fsp3) is 0.364. The third-order valence-electron chi connectivity index (χ3n) is 4.98. The Morgan fingerprint density at radius 3 is 2.78 bits per heavy atom. The normalized spacial score (nSPS) is 17.9. The zero-order valence-electron chi connectivity index (χ0n) is 15.6. The van der Waals surface area contributed by atoms with Crippen molar-refractivity contribution in [2.24, 2.45) is 11.0 Å². The molecule has 0 radical (unpaired) electrons. The smallest absolute Gasteiger partial charge is 0.307 e. The minimum atomic E-state index is -0.680. The van der Waals surface area contributed by atoms with Crippen LogP contribution in [0.4, 0.5) is 0 Å². The molecule has 142 valence electrons. The maximum absolute atomic E-state index is 11.1. The molecule has 1 fully saturated rings. The van der Waals surface area contributed by atoms with Crippen LogP contribution < -0.4 is 5.43 Å². The van der Waals surface area contributed by atoms with Gasteiger partial charge in [0.15, 0.2) is 0 Å². The number of likely N-dealkylation sites (tertiary alicyclic amines) is 1. The van der Waals surface area contributed by atoms with E-state index in [0.29, 0.717) is 13.1 Å². The van der Waals surface area contributed by atoms with E-state index in [4.69, 9.17) is 5.11 Å². The average Bonchev–Trinajstić information content (AvgIpc) is 2.70. The number of nitrogens with one attached hydrogen (secondary N) is 1. The molecule has 2 aromatic rings. The van der Waals surface area contributed by atoms with Gasteiger partial charge in [-0.2, -0.15) is 5.10 Å². The maximum Gasteiger partial charge on any atom is 0.307 e. The van der Waals surface area contributed by atoms with E-state index in [1.165, 1.54) is 11.1 Å². The molecule has 2 N–H and O–H groups in total. The summed E-state index contributed by atoms with van der Waals surface area (Å²) in [5.41, 5.74) is 6.73. The summed E-state index contributed by atoms with van der Waals surface area (Å²) >= 11 is 0. The predicted octanol–water partition coefficient (Wildman–Crippen LogP) is 3.00. The van der Waals surface area contributed by atoms with Crippen LogP contribution in [-0.4, -0.2) is 48.4 Å². The van der Waals surface area contributed by atoms with Crippen LogP contribution in [0.5, 0.6) is 0 Å². The van der Waals surface area contributed by atoms with Crippen LogP contribution >= 0.6 is 0 Å². The lowest BCUT2D eigenvalue weighted by molar-refractivity contribution is -0.143. The Morgan fingerprint density at radius 1 is 1.19 bits per heavy atom. The minimum Gasteiger partial charge on any atom is -0.481 e. The van der Waals surface area contributed by atoms with Crippen LogP contribution in [-0.2, 0) is 11.2 Å². The Labute approximate surface area is 160 Å². The van der Waals surface area contributed by atoms with E-state index >= 15 is 0 Å². The van der Waals surface area contributed by atoms with Gasteiger partial charge < -0.3 is 15.4 Å². The first kappa shape index (κ1) is 19.1. The molecule has 27 heavy (non-hydrogen) atoms. The highest BCUT2D eigenvalue weighted by Gasteiger charge is 2.24. The monoisotopic (exact) mass is 365 g/mol. The number of carbonyl (C=O) groups is 1. The summed E-state index contributed by atoms with van der Waals surface area (Å²) in [5, 5.41) is 13.5. The number of carboxylic acids is 1. The lowest BCUT2D eigenvalue weighted by Gasteiger charge is -2.30. The number of hydrogen-bond donors (Lipinski definition) is 2. The number of benzene rings is 2. The lowest BCUT2D eigenvalue weighted by atomic mass is 9.98. The van der Waals surface area contributed by atoms with Gasteiger partial charge >= 0.3 is 5.97 Å². The van der Waals surface area contributed by atoms with Crippen molar-refractivity contribution in [1.29, 1.82) is 0 Å². The molecule has 1 aliphatic heterocycles. The molecule has 5 heteroatoms. The summed E-state index contributed by atoms with van der Waals surface area (Å²) in [6.07, 6.45) is 4.49. The molecule has 1 saturated heterocycles. The van der Waals surface area contributed by atoms with Crippen molar-refractivity contribution in [2.45, 2.75) is 19.3 Å². The topological polar surface area (TPSA) is 64.9 Å². The van der Waals surface area contributed by atoms with Gasteiger partial charge in [0.05, 0.1) is 12.1 Å². The number of piperidine rings is 1. The third kappa shape index (κ3) is 5.93. The molecule has 2 aromatic carbocycles. The summed E-state index contributed by atoms with van der Waals surface area (Å²) < 4.78 is 0. The molecule has 0 aromatic heterocycles. The van der Waals surface area contributed by atoms with Gasteiger partial charge in [0.25, 0.3) is 0 Å². The Bertz CT molecular complexity index is 761. The van der Waals surface area contributed by atoms with Crippen molar-refractivity contribution in [3.63, 3.8) is 0 Å². The van der Waals surface area contributed by atoms with Crippen LogP contribution in [0.1, 0.15) is 29.5 Å². The van der Waals surface area contributed by atoms with Crippen LogP contribution in [0, 0.1) is 5.92 Å². The van der Waals surface area contributed by atoms with Crippen molar-refractivity contribution in [1.82, 2.24) is 10.3 Å². The number of rotatable bonds is 8. The Balaban J connectivity index is 1.48. The van der Waals surface area contributed by atoms with Crippen LogP contribution in [0.15, 0.2) is 59.7 Å². The maximum atomic E-state index is 11.1. The van der Waals surface area contributed by atoms with Gasteiger partial charge in [0.1, 0.15) is 0 Å². The van der Waals surface area contributed by atoms with Gasteiger partial charge in [0, 0.05) is 19.6 Å².